The molecule has 0 bridgehead atoms. The second kappa shape index (κ2) is 5.21. The smallest absolute Gasteiger partial charge is 0.466 e. The molecule has 0 amide bonds. The van der Waals surface area contributed by atoms with Gasteiger partial charge in [-0.3, -0.25) is 4.79 Å². The first-order chi connectivity index (χ1) is 8.12. The largest absolute Gasteiger partial charge is 0.473 e. The Labute approximate surface area is 111 Å². The molecule has 1 saturated heterocycles. The third-order valence-electron chi connectivity index (χ3n) is 3.84. The van der Waals surface area contributed by atoms with E-state index in [1.54, 1.807) is 6.92 Å². The lowest BCUT2D eigenvalue weighted by molar-refractivity contribution is -0.144. The first-order valence-electron chi connectivity index (χ1n) is 6.64. The molecular weight excluding hydrogens is 231 g/mol. The maximum Gasteiger partial charge on any atom is 0.473 e. The molecule has 4 nitrogen and oxygen atoms in total. The van der Waals surface area contributed by atoms with Gasteiger partial charge in [-0.2, -0.15) is 0 Å². The van der Waals surface area contributed by atoms with Gasteiger partial charge in [0.05, 0.1) is 23.6 Å². The van der Waals surface area contributed by atoms with E-state index in [1.165, 1.54) is 0 Å². The van der Waals surface area contributed by atoms with Crippen molar-refractivity contribution < 1.29 is 18.8 Å². The zero-order valence-corrected chi connectivity index (χ0v) is 12.6. The highest BCUT2D eigenvalue weighted by molar-refractivity contribution is 6.52. The number of hydrogen-bond donors (Lipinski definition) is 0. The zero-order valence-electron chi connectivity index (χ0n) is 12.6. The summed E-state index contributed by atoms with van der Waals surface area (Å²) in [5.74, 6) is -0.518. The van der Waals surface area contributed by atoms with E-state index < -0.39 is 18.3 Å². The molecule has 0 unspecified atom stereocenters. The molecule has 104 valence electrons. The first kappa shape index (κ1) is 15.5. The zero-order chi connectivity index (χ0) is 14.1. The van der Waals surface area contributed by atoms with Gasteiger partial charge in [0.1, 0.15) is 0 Å². The van der Waals surface area contributed by atoms with Crippen LogP contribution in [0.15, 0.2) is 0 Å². The number of ether oxygens (including phenoxy) is 1. The van der Waals surface area contributed by atoms with E-state index in [9.17, 15) is 4.79 Å². The highest BCUT2D eigenvalue weighted by Crippen LogP contribution is 2.42. The summed E-state index contributed by atoms with van der Waals surface area (Å²) in [7, 11) is -0.533. The standard InChI is InChI=1S/C13H25BO4/c1-8-16-11(15)10(9(2)3)14-17-12(4,5)13(6,7)18-14/h9-10H,8H2,1-7H3/t10-/m0/s1. The minimum absolute atomic E-state index is 0.110. The molecule has 0 aromatic heterocycles. The van der Waals surface area contributed by atoms with Crippen molar-refractivity contribution in [3.05, 3.63) is 0 Å². The normalized spacial score (nSPS) is 23.2. The van der Waals surface area contributed by atoms with Crippen molar-refractivity contribution in [2.45, 2.75) is 65.5 Å². The molecule has 5 heteroatoms. The van der Waals surface area contributed by atoms with E-state index in [-0.39, 0.29) is 17.7 Å². The summed E-state index contributed by atoms with van der Waals surface area (Å²) >= 11 is 0. The van der Waals surface area contributed by atoms with E-state index in [2.05, 4.69) is 0 Å². The summed E-state index contributed by atoms with van der Waals surface area (Å²) in [6, 6.07) is 0. The van der Waals surface area contributed by atoms with Gasteiger partial charge in [0.15, 0.2) is 0 Å². The second-order valence-electron chi connectivity index (χ2n) is 6.15. The minimum Gasteiger partial charge on any atom is -0.466 e. The summed E-state index contributed by atoms with van der Waals surface area (Å²) in [5, 5.41) is 0. The Kier molecular flexibility index (Phi) is 4.49. The molecule has 0 aromatic rings. The van der Waals surface area contributed by atoms with E-state index in [0.29, 0.717) is 6.61 Å². The lowest BCUT2D eigenvalue weighted by Gasteiger charge is -2.32. The van der Waals surface area contributed by atoms with Crippen molar-refractivity contribution in [3.8, 4) is 0 Å². The molecule has 0 N–H and O–H groups in total. The molecule has 1 aliphatic rings. The van der Waals surface area contributed by atoms with Crippen LogP contribution < -0.4 is 0 Å². The fourth-order valence-corrected chi connectivity index (χ4v) is 1.97. The SMILES string of the molecule is CCOC(=O)[C@@H](B1OC(C)(C)C(C)(C)O1)C(C)C. The van der Waals surface area contributed by atoms with Crippen molar-refractivity contribution in [3.63, 3.8) is 0 Å². The average molecular weight is 256 g/mol. The van der Waals surface area contributed by atoms with Crippen LogP contribution in [0.3, 0.4) is 0 Å². The van der Waals surface area contributed by atoms with Crippen LogP contribution >= 0.6 is 0 Å². The molecule has 1 heterocycles. The fraction of sp³-hybridized carbons (Fsp3) is 0.923. The molecule has 0 spiro atoms. The monoisotopic (exact) mass is 256 g/mol. The van der Waals surface area contributed by atoms with Crippen LogP contribution in [-0.4, -0.2) is 30.9 Å². The van der Waals surface area contributed by atoms with Crippen molar-refractivity contribution >= 4 is 13.1 Å². The molecule has 1 atom stereocenters. The summed E-state index contributed by atoms with van der Waals surface area (Å²) < 4.78 is 17.0. The molecule has 0 radical (unpaired) electrons. The van der Waals surface area contributed by atoms with Crippen molar-refractivity contribution in [1.82, 2.24) is 0 Å². The quantitative estimate of drug-likeness (QED) is 0.573. The summed E-state index contributed by atoms with van der Waals surface area (Å²) in [4.78, 5) is 12.0. The Morgan fingerprint density at radius 1 is 1.17 bits per heavy atom. The number of hydrogen-bond acceptors (Lipinski definition) is 4. The van der Waals surface area contributed by atoms with Gasteiger partial charge in [-0.15, -0.1) is 0 Å². The fourth-order valence-electron chi connectivity index (χ4n) is 1.97. The number of carbonyl (C=O) groups is 1. The van der Waals surface area contributed by atoms with Crippen LogP contribution in [0.4, 0.5) is 0 Å². The van der Waals surface area contributed by atoms with Gasteiger partial charge in [-0.1, -0.05) is 13.8 Å². The van der Waals surface area contributed by atoms with Crippen LogP contribution in [-0.2, 0) is 18.8 Å². The van der Waals surface area contributed by atoms with Crippen LogP contribution in [0.1, 0.15) is 48.5 Å². The number of carbonyl (C=O) groups excluding carboxylic acids is 1. The average Bonchev–Trinajstić information content (AvgIpc) is 2.34. The topological polar surface area (TPSA) is 44.8 Å². The van der Waals surface area contributed by atoms with Gasteiger partial charge >= 0.3 is 13.1 Å². The minimum atomic E-state index is -0.533. The van der Waals surface area contributed by atoms with E-state index in [1.807, 2.05) is 41.5 Å². The van der Waals surface area contributed by atoms with Crippen molar-refractivity contribution in [2.24, 2.45) is 5.92 Å². The van der Waals surface area contributed by atoms with Crippen LogP contribution in [0, 0.1) is 5.92 Å². The Bertz CT molecular complexity index is 296. The van der Waals surface area contributed by atoms with Crippen LogP contribution in [0.2, 0.25) is 5.82 Å². The molecule has 0 saturated carbocycles. The van der Waals surface area contributed by atoms with Crippen LogP contribution in [0.5, 0.6) is 0 Å². The van der Waals surface area contributed by atoms with Gasteiger partial charge in [-0.25, -0.2) is 0 Å². The summed E-state index contributed by atoms with van der Waals surface area (Å²) in [5.41, 5.74) is -0.839. The lowest BCUT2D eigenvalue weighted by atomic mass is 9.66. The second-order valence-corrected chi connectivity index (χ2v) is 6.15. The predicted molar refractivity (Wildman–Crippen MR) is 71.3 cm³/mol. The summed E-state index contributed by atoms with van der Waals surface area (Å²) in [6.07, 6.45) is 0. The maximum absolute atomic E-state index is 12.0. The maximum atomic E-state index is 12.0. The van der Waals surface area contributed by atoms with Gasteiger partial charge in [-0.05, 0) is 40.5 Å². The highest BCUT2D eigenvalue weighted by Gasteiger charge is 2.56. The molecule has 1 aliphatic heterocycles. The predicted octanol–water partition coefficient (Wildman–Crippen LogP) is 2.67. The Hall–Kier alpha value is -0.545. The molecule has 1 rings (SSSR count). The Morgan fingerprint density at radius 3 is 1.94 bits per heavy atom. The lowest BCUT2D eigenvalue weighted by Crippen LogP contribution is -2.41. The molecule has 0 aliphatic carbocycles. The van der Waals surface area contributed by atoms with Gasteiger partial charge < -0.3 is 14.0 Å². The summed E-state index contributed by atoms with van der Waals surface area (Å²) in [6.45, 7) is 14.1. The Morgan fingerprint density at radius 2 is 1.61 bits per heavy atom. The van der Waals surface area contributed by atoms with Gasteiger partial charge in [0, 0.05) is 0 Å². The van der Waals surface area contributed by atoms with E-state index in [0.717, 1.165) is 0 Å². The third kappa shape index (κ3) is 2.89. The van der Waals surface area contributed by atoms with Gasteiger partial charge in [0.2, 0.25) is 0 Å². The van der Waals surface area contributed by atoms with Crippen molar-refractivity contribution in [1.29, 1.82) is 0 Å². The van der Waals surface area contributed by atoms with E-state index >= 15 is 0 Å². The van der Waals surface area contributed by atoms with Gasteiger partial charge in [0.25, 0.3) is 0 Å². The molecule has 0 aromatic carbocycles. The highest BCUT2D eigenvalue weighted by atomic mass is 16.7. The molecule has 1 fully saturated rings. The first-order valence-corrected chi connectivity index (χ1v) is 6.64. The van der Waals surface area contributed by atoms with Crippen molar-refractivity contribution in [2.75, 3.05) is 6.61 Å². The van der Waals surface area contributed by atoms with Crippen LogP contribution in [0.25, 0.3) is 0 Å². The molecular formula is C13H25BO4. The number of esters is 1. The van der Waals surface area contributed by atoms with E-state index in [4.69, 9.17) is 14.0 Å². The number of rotatable bonds is 4. The molecule has 18 heavy (non-hydrogen) atoms. The third-order valence-corrected chi connectivity index (χ3v) is 3.84. The Balaban J connectivity index is 2.88.